The monoisotopic (exact) mass is 402 g/mol. The molecule has 0 bridgehead atoms. The number of hydrogen-bond donors (Lipinski definition) is 1. The standard InChI is InChI=1S/C19H19Cl2F3N2/c20-16-6-5-14(12-17(16)21)18(26-9-2-7-25-8-10-26)13-3-1-4-15(11-13)19(22,23)24/h1,3-6,11-12,18,25H,2,7-10H2. The summed E-state index contributed by atoms with van der Waals surface area (Å²) in [4.78, 5) is 2.19. The van der Waals surface area contributed by atoms with Crippen LogP contribution in [0.5, 0.6) is 0 Å². The van der Waals surface area contributed by atoms with Gasteiger partial charge in [0.1, 0.15) is 0 Å². The predicted molar refractivity (Wildman–Crippen MR) is 98.8 cm³/mol. The first-order valence-electron chi connectivity index (χ1n) is 8.43. The molecule has 2 aromatic rings. The Bertz CT molecular complexity index is 757. The molecule has 2 aromatic carbocycles. The van der Waals surface area contributed by atoms with Gasteiger partial charge in [0, 0.05) is 19.6 Å². The normalized spacial score (nSPS) is 17.7. The lowest BCUT2D eigenvalue weighted by molar-refractivity contribution is -0.137. The van der Waals surface area contributed by atoms with Gasteiger partial charge in [-0.25, -0.2) is 0 Å². The van der Waals surface area contributed by atoms with Gasteiger partial charge in [0.25, 0.3) is 0 Å². The molecule has 1 unspecified atom stereocenters. The number of nitrogens with zero attached hydrogens (tertiary/aromatic N) is 1. The Kier molecular flexibility index (Phi) is 6.13. The lowest BCUT2D eigenvalue weighted by Crippen LogP contribution is -2.33. The van der Waals surface area contributed by atoms with Crippen molar-refractivity contribution in [2.45, 2.75) is 18.6 Å². The predicted octanol–water partition coefficient (Wildman–Crippen LogP) is 5.40. The van der Waals surface area contributed by atoms with Crippen molar-refractivity contribution in [1.82, 2.24) is 10.2 Å². The van der Waals surface area contributed by atoms with Crippen LogP contribution in [0.3, 0.4) is 0 Å². The molecule has 0 aliphatic carbocycles. The zero-order chi connectivity index (χ0) is 18.7. The second-order valence-electron chi connectivity index (χ2n) is 6.34. The van der Waals surface area contributed by atoms with Gasteiger partial charge in [-0.3, -0.25) is 4.90 Å². The second-order valence-corrected chi connectivity index (χ2v) is 7.15. The Balaban J connectivity index is 2.06. The van der Waals surface area contributed by atoms with Crippen molar-refractivity contribution in [1.29, 1.82) is 0 Å². The molecule has 0 radical (unpaired) electrons. The van der Waals surface area contributed by atoms with E-state index in [1.54, 1.807) is 18.2 Å². The van der Waals surface area contributed by atoms with Crippen LogP contribution in [0.15, 0.2) is 42.5 Å². The molecule has 1 saturated heterocycles. The van der Waals surface area contributed by atoms with Crippen molar-refractivity contribution in [2.24, 2.45) is 0 Å². The van der Waals surface area contributed by atoms with Gasteiger partial charge >= 0.3 is 6.18 Å². The van der Waals surface area contributed by atoms with E-state index in [2.05, 4.69) is 10.2 Å². The molecule has 0 amide bonds. The first-order chi connectivity index (χ1) is 12.4. The molecule has 0 spiro atoms. The van der Waals surface area contributed by atoms with Crippen LogP contribution in [-0.2, 0) is 6.18 Å². The summed E-state index contributed by atoms with van der Waals surface area (Å²) in [5, 5.41) is 4.15. The van der Waals surface area contributed by atoms with Gasteiger partial charge in [0.15, 0.2) is 0 Å². The van der Waals surface area contributed by atoms with Crippen LogP contribution < -0.4 is 5.32 Å². The smallest absolute Gasteiger partial charge is 0.315 e. The molecular formula is C19H19Cl2F3N2. The summed E-state index contributed by atoms with van der Waals surface area (Å²) in [6.07, 6.45) is -3.45. The fourth-order valence-electron chi connectivity index (χ4n) is 3.31. The highest BCUT2D eigenvalue weighted by Gasteiger charge is 2.32. The van der Waals surface area contributed by atoms with Gasteiger partial charge in [-0.15, -0.1) is 0 Å². The molecule has 7 heteroatoms. The van der Waals surface area contributed by atoms with Crippen molar-refractivity contribution in [3.05, 3.63) is 69.2 Å². The van der Waals surface area contributed by atoms with E-state index >= 15 is 0 Å². The van der Waals surface area contributed by atoms with E-state index in [0.29, 0.717) is 15.6 Å². The summed E-state index contributed by atoms with van der Waals surface area (Å²) in [6, 6.07) is 10.5. The fraction of sp³-hybridized carbons (Fsp3) is 0.368. The zero-order valence-corrected chi connectivity index (χ0v) is 15.5. The van der Waals surface area contributed by atoms with Gasteiger partial charge in [-0.1, -0.05) is 41.4 Å². The maximum atomic E-state index is 13.2. The maximum absolute atomic E-state index is 13.2. The van der Waals surface area contributed by atoms with Crippen LogP contribution in [0.25, 0.3) is 0 Å². The van der Waals surface area contributed by atoms with Crippen LogP contribution in [0.4, 0.5) is 13.2 Å². The minimum absolute atomic E-state index is 0.313. The molecule has 1 atom stereocenters. The lowest BCUT2D eigenvalue weighted by Gasteiger charge is -2.32. The third-order valence-electron chi connectivity index (χ3n) is 4.53. The number of benzene rings is 2. The molecule has 1 heterocycles. The Labute approximate surface area is 160 Å². The summed E-state index contributed by atoms with van der Waals surface area (Å²) in [7, 11) is 0. The lowest BCUT2D eigenvalue weighted by atomic mass is 9.95. The topological polar surface area (TPSA) is 15.3 Å². The van der Waals surface area contributed by atoms with Crippen molar-refractivity contribution in [3.63, 3.8) is 0 Å². The molecule has 2 nitrogen and oxygen atoms in total. The Hall–Kier alpha value is -1.27. The van der Waals surface area contributed by atoms with E-state index < -0.39 is 11.7 Å². The molecule has 1 aliphatic heterocycles. The van der Waals surface area contributed by atoms with E-state index in [1.807, 2.05) is 6.07 Å². The number of alkyl halides is 3. The van der Waals surface area contributed by atoms with Gasteiger partial charge in [-0.2, -0.15) is 13.2 Å². The Morgan fingerprint density at radius 3 is 2.42 bits per heavy atom. The van der Waals surface area contributed by atoms with Crippen molar-refractivity contribution in [2.75, 3.05) is 26.2 Å². The molecule has 1 aliphatic rings. The molecular weight excluding hydrogens is 384 g/mol. The van der Waals surface area contributed by atoms with Crippen LogP contribution in [0.2, 0.25) is 10.0 Å². The number of hydrogen-bond acceptors (Lipinski definition) is 2. The van der Waals surface area contributed by atoms with E-state index in [0.717, 1.165) is 44.2 Å². The van der Waals surface area contributed by atoms with E-state index in [9.17, 15) is 13.2 Å². The van der Waals surface area contributed by atoms with E-state index in [1.165, 1.54) is 12.1 Å². The highest BCUT2D eigenvalue weighted by Crippen LogP contribution is 2.36. The minimum Gasteiger partial charge on any atom is -0.315 e. The number of rotatable bonds is 3. The van der Waals surface area contributed by atoms with Crippen LogP contribution in [0.1, 0.15) is 29.2 Å². The van der Waals surface area contributed by atoms with Crippen molar-refractivity contribution >= 4 is 23.2 Å². The SMILES string of the molecule is FC(F)(F)c1cccc(C(c2ccc(Cl)c(Cl)c2)N2CCCNCC2)c1. The van der Waals surface area contributed by atoms with Gasteiger partial charge < -0.3 is 5.32 Å². The first kappa shape index (κ1) is 19.5. The zero-order valence-electron chi connectivity index (χ0n) is 14.0. The maximum Gasteiger partial charge on any atom is 0.416 e. The van der Waals surface area contributed by atoms with Gasteiger partial charge in [-0.05, 0) is 48.4 Å². The quantitative estimate of drug-likeness (QED) is 0.739. The highest BCUT2D eigenvalue weighted by atomic mass is 35.5. The van der Waals surface area contributed by atoms with Gasteiger partial charge in [0.05, 0.1) is 21.7 Å². The molecule has 1 fully saturated rings. The molecule has 26 heavy (non-hydrogen) atoms. The van der Waals surface area contributed by atoms with Gasteiger partial charge in [0.2, 0.25) is 0 Å². The Morgan fingerprint density at radius 1 is 0.923 bits per heavy atom. The number of halogens is 5. The molecule has 0 aromatic heterocycles. The molecule has 3 rings (SSSR count). The largest absolute Gasteiger partial charge is 0.416 e. The van der Waals surface area contributed by atoms with Crippen LogP contribution in [0, 0.1) is 0 Å². The third-order valence-corrected chi connectivity index (χ3v) is 5.27. The first-order valence-corrected chi connectivity index (χ1v) is 9.19. The minimum atomic E-state index is -4.38. The summed E-state index contributed by atoms with van der Waals surface area (Å²) in [5.74, 6) is 0. The number of nitrogens with one attached hydrogen (secondary N) is 1. The van der Waals surface area contributed by atoms with E-state index in [-0.39, 0.29) is 6.04 Å². The molecule has 1 N–H and O–H groups in total. The third kappa shape index (κ3) is 4.52. The Morgan fingerprint density at radius 2 is 1.69 bits per heavy atom. The van der Waals surface area contributed by atoms with E-state index in [4.69, 9.17) is 23.2 Å². The summed E-state index contributed by atoms with van der Waals surface area (Å²) < 4.78 is 39.6. The van der Waals surface area contributed by atoms with Crippen LogP contribution >= 0.6 is 23.2 Å². The highest BCUT2D eigenvalue weighted by molar-refractivity contribution is 6.42. The summed E-state index contributed by atoms with van der Waals surface area (Å²) >= 11 is 12.2. The van der Waals surface area contributed by atoms with Crippen molar-refractivity contribution in [3.8, 4) is 0 Å². The molecule has 140 valence electrons. The molecule has 0 saturated carbocycles. The van der Waals surface area contributed by atoms with Crippen LogP contribution in [-0.4, -0.2) is 31.1 Å². The summed E-state index contributed by atoms with van der Waals surface area (Å²) in [6.45, 7) is 3.21. The summed E-state index contributed by atoms with van der Waals surface area (Å²) in [5.41, 5.74) is 0.786. The second kappa shape index (κ2) is 8.17. The fourth-order valence-corrected chi connectivity index (χ4v) is 3.61. The average Bonchev–Trinajstić information content (AvgIpc) is 2.87. The average molecular weight is 403 g/mol. The van der Waals surface area contributed by atoms with Crippen molar-refractivity contribution < 1.29 is 13.2 Å².